The molecule has 0 saturated heterocycles. The van der Waals surface area contributed by atoms with Gasteiger partial charge in [0.25, 0.3) is 5.89 Å². The van der Waals surface area contributed by atoms with E-state index in [1.54, 1.807) is 18.2 Å². The molecule has 0 aliphatic heterocycles. The molecule has 0 N–H and O–H groups in total. The van der Waals surface area contributed by atoms with Crippen LogP contribution >= 0.6 is 0 Å². The number of aryl methyl sites for hydroxylation is 1. The molecule has 5 aromatic rings. The maximum Gasteiger partial charge on any atom is 0.281 e. The van der Waals surface area contributed by atoms with Crippen LogP contribution in [0.3, 0.4) is 0 Å². The summed E-state index contributed by atoms with van der Waals surface area (Å²) >= 11 is 0. The standard InChI is InChI=1S/C23H16FN5O/c1-15-9-5-6-12-17(15)22-25-23(30-27-22)20-21(16-10-3-2-4-11-16)29(28-26-20)19-14-8-7-13-18(19)24/h2-14H,1H3. The van der Waals surface area contributed by atoms with Gasteiger partial charge in [-0.2, -0.15) is 4.98 Å². The lowest BCUT2D eigenvalue weighted by atomic mass is 10.1. The first-order valence-electron chi connectivity index (χ1n) is 9.38. The average molecular weight is 397 g/mol. The number of rotatable bonds is 4. The zero-order valence-electron chi connectivity index (χ0n) is 16.0. The van der Waals surface area contributed by atoms with Gasteiger partial charge in [-0.3, -0.25) is 0 Å². The summed E-state index contributed by atoms with van der Waals surface area (Å²) < 4.78 is 21.5. The minimum atomic E-state index is -0.405. The van der Waals surface area contributed by atoms with Crippen LogP contribution in [0.5, 0.6) is 0 Å². The Morgan fingerprint density at radius 3 is 2.40 bits per heavy atom. The molecule has 3 aromatic carbocycles. The first kappa shape index (κ1) is 17.9. The predicted molar refractivity (Wildman–Crippen MR) is 110 cm³/mol. The third-order valence-electron chi connectivity index (χ3n) is 4.81. The lowest BCUT2D eigenvalue weighted by Crippen LogP contribution is -2.02. The molecular formula is C23H16FN5O. The number of nitrogens with zero attached hydrogens (tertiary/aromatic N) is 5. The van der Waals surface area contributed by atoms with Crippen molar-refractivity contribution in [2.45, 2.75) is 6.92 Å². The molecule has 0 spiro atoms. The summed E-state index contributed by atoms with van der Waals surface area (Å²) in [6.45, 7) is 1.98. The molecule has 0 bridgehead atoms. The fraction of sp³-hybridized carbons (Fsp3) is 0.0435. The van der Waals surface area contributed by atoms with Gasteiger partial charge in [-0.05, 0) is 24.6 Å². The van der Waals surface area contributed by atoms with Crippen molar-refractivity contribution in [1.82, 2.24) is 25.1 Å². The Morgan fingerprint density at radius 2 is 1.60 bits per heavy atom. The molecule has 6 nitrogen and oxygen atoms in total. The number of para-hydroxylation sites is 1. The van der Waals surface area contributed by atoms with Gasteiger partial charge in [-0.25, -0.2) is 9.07 Å². The van der Waals surface area contributed by atoms with Crippen LogP contribution in [0.15, 0.2) is 83.4 Å². The minimum Gasteiger partial charge on any atom is -0.332 e. The zero-order chi connectivity index (χ0) is 20.5. The van der Waals surface area contributed by atoms with E-state index in [1.165, 1.54) is 10.7 Å². The van der Waals surface area contributed by atoms with E-state index in [4.69, 9.17) is 4.52 Å². The van der Waals surface area contributed by atoms with Gasteiger partial charge in [-0.1, -0.05) is 77.1 Å². The molecule has 0 aliphatic carbocycles. The first-order valence-corrected chi connectivity index (χ1v) is 9.38. The van der Waals surface area contributed by atoms with Crippen molar-refractivity contribution in [2.75, 3.05) is 0 Å². The topological polar surface area (TPSA) is 69.6 Å². The number of hydrogen-bond acceptors (Lipinski definition) is 5. The van der Waals surface area contributed by atoms with E-state index in [0.717, 1.165) is 16.7 Å². The predicted octanol–water partition coefficient (Wildman–Crippen LogP) is 5.10. The second-order valence-electron chi connectivity index (χ2n) is 6.75. The molecule has 0 aliphatic rings. The van der Waals surface area contributed by atoms with Gasteiger partial charge in [0.05, 0.1) is 0 Å². The maximum atomic E-state index is 14.5. The van der Waals surface area contributed by atoms with Crippen molar-refractivity contribution in [3.8, 4) is 39.9 Å². The lowest BCUT2D eigenvalue weighted by molar-refractivity contribution is 0.431. The van der Waals surface area contributed by atoms with Crippen molar-refractivity contribution in [3.05, 3.63) is 90.2 Å². The fourth-order valence-electron chi connectivity index (χ4n) is 3.33. The smallest absolute Gasteiger partial charge is 0.281 e. The van der Waals surface area contributed by atoms with Crippen LogP contribution in [-0.4, -0.2) is 25.1 Å². The van der Waals surface area contributed by atoms with E-state index in [1.807, 2.05) is 61.5 Å². The summed E-state index contributed by atoms with van der Waals surface area (Å²) in [5.74, 6) is 0.273. The Kier molecular flexibility index (Phi) is 4.40. The van der Waals surface area contributed by atoms with Crippen LogP contribution in [0.1, 0.15) is 5.56 Å². The molecule has 0 radical (unpaired) electrons. The summed E-state index contributed by atoms with van der Waals surface area (Å²) in [4.78, 5) is 4.54. The zero-order valence-corrected chi connectivity index (χ0v) is 16.0. The summed E-state index contributed by atoms with van der Waals surface area (Å²) in [5.41, 5.74) is 3.95. The van der Waals surface area contributed by atoms with Crippen molar-refractivity contribution in [2.24, 2.45) is 0 Å². The van der Waals surface area contributed by atoms with E-state index >= 15 is 0 Å². The SMILES string of the molecule is Cc1ccccc1-c1noc(-c2nnn(-c3ccccc3F)c2-c2ccccc2)n1. The molecule has 0 atom stereocenters. The van der Waals surface area contributed by atoms with Crippen molar-refractivity contribution in [3.63, 3.8) is 0 Å². The Labute approximate surface area is 171 Å². The monoisotopic (exact) mass is 397 g/mol. The van der Waals surface area contributed by atoms with Gasteiger partial charge >= 0.3 is 0 Å². The fourth-order valence-corrected chi connectivity index (χ4v) is 3.33. The van der Waals surface area contributed by atoms with Crippen LogP contribution < -0.4 is 0 Å². The van der Waals surface area contributed by atoms with E-state index in [9.17, 15) is 4.39 Å². The number of hydrogen-bond donors (Lipinski definition) is 0. The second-order valence-corrected chi connectivity index (χ2v) is 6.75. The summed E-state index contributed by atoms with van der Waals surface area (Å²) in [6, 6.07) is 23.7. The maximum absolute atomic E-state index is 14.5. The average Bonchev–Trinajstić information content (AvgIpc) is 3.42. The van der Waals surface area contributed by atoms with Gasteiger partial charge in [0.1, 0.15) is 17.2 Å². The lowest BCUT2D eigenvalue weighted by Gasteiger charge is -2.08. The van der Waals surface area contributed by atoms with E-state index in [2.05, 4.69) is 20.5 Å². The highest BCUT2D eigenvalue weighted by Crippen LogP contribution is 2.33. The Balaban J connectivity index is 1.69. The summed E-state index contributed by atoms with van der Waals surface area (Å²) in [6.07, 6.45) is 0. The molecule has 0 unspecified atom stereocenters. The van der Waals surface area contributed by atoms with Crippen LogP contribution in [0, 0.1) is 12.7 Å². The molecule has 0 amide bonds. The van der Waals surface area contributed by atoms with Crippen molar-refractivity contribution in [1.29, 1.82) is 0 Å². The third-order valence-corrected chi connectivity index (χ3v) is 4.81. The van der Waals surface area contributed by atoms with Crippen LogP contribution in [0.25, 0.3) is 39.9 Å². The normalized spacial score (nSPS) is 11.0. The van der Waals surface area contributed by atoms with Crippen LogP contribution in [0.4, 0.5) is 4.39 Å². The molecular weight excluding hydrogens is 381 g/mol. The summed E-state index contributed by atoms with van der Waals surface area (Å²) in [7, 11) is 0. The summed E-state index contributed by atoms with van der Waals surface area (Å²) in [5, 5.41) is 12.6. The van der Waals surface area contributed by atoms with Gasteiger partial charge in [-0.15, -0.1) is 5.10 Å². The minimum absolute atomic E-state index is 0.217. The highest BCUT2D eigenvalue weighted by molar-refractivity contribution is 5.76. The quantitative estimate of drug-likeness (QED) is 0.422. The van der Waals surface area contributed by atoms with E-state index in [-0.39, 0.29) is 11.6 Å². The third kappa shape index (κ3) is 3.06. The highest BCUT2D eigenvalue weighted by Gasteiger charge is 2.24. The molecule has 5 rings (SSSR count). The molecule has 2 heterocycles. The Morgan fingerprint density at radius 1 is 0.867 bits per heavy atom. The van der Waals surface area contributed by atoms with Gasteiger partial charge < -0.3 is 4.52 Å². The first-order chi connectivity index (χ1) is 14.7. The number of benzene rings is 3. The number of aromatic nitrogens is 5. The molecule has 146 valence electrons. The largest absolute Gasteiger partial charge is 0.332 e. The van der Waals surface area contributed by atoms with Gasteiger partial charge in [0.15, 0.2) is 5.69 Å². The van der Waals surface area contributed by atoms with Gasteiger partial charge in [0.2, 0.25) is 5.82 Å². The van der Waals surface area contributed by atoms with E-state index < -0.39 is 5.82 Å². The van der Waals surface area contributed by atoms with Crippen molar-refractivity contribution >= 4 is 0 Å². The van der Waals surface area contributed by atoms with Crippen LogP contribution in [-0.2, 0) is 0 Å². The number of halogens is 1. The Hall–Kier alpha value is -4.13. The van der Waals surface area contributed by atoms with Gasteiger partial charge in [0, 0.05) is 11.1 Å². The van der Waals surface area contributed by atoms with E-state index in [0.29, 0.717) is 17.2 Å². The Bertz CT molecular complexity index is 1330. The highest BCUT2D eigenvalue weighted by atomic mass is 19.1. The second kappa shape index (κ2) is 7.36. The van der Waals surface area contributed by atoms with Crippen LogP contribution in [0.2, 0.25) is 0 Å². The molecule has 7 heteroatoms. The molecule has 0 saturated carbocycles. The molecule has 30 heavy (non-hydrogen) atoms. The molecule has 0 fully saturated rings. The van der Waals surface area contributed by atoms with Crippen molar-refractivity contribution < 1.29 is 8.91 Å². The molecule has 2 aromatic heterocycles.